The molecule has 2 heterocycles. The highest BCUT2D eigenvalue weighted by Crippen LogP contribution is 2.88. The molecule has 49 heavy (non-hydrogen) atoms. The van der Waals surface area contributed by atoms with Gasteiger partial charge >= 0.3 is 16.3 Å². The molecule has 0 aromatic heterocycles. The fraction of sp³-hybridized carbons (Fsp3) is 0.833. The zero-order valence-electron chi connectivity index (χ0n) is 31.0. The SMILES string of the molecule is C=CC1CC1(NC(=O)C1CC2(CN1C(=O)C(NC(=O)OC(C)(C)C)C(C)(C)C)C(C)(C)C21CCC1)C(=O)NS(=O)(=O)N1CCC(CCC)C1. The van der Waals surface area contributed by atoms with Gasteiger partial charge in [0.15, 0.2) is 0 Å². The average Bonchev–Trinajstić information content (AvgIpc) is 3.46. The second kappa shape index (κ2) is 12.2. The quantitative estimate of drug-likeness (QED) is 0.287. The zero-order chi connectivity index (χ0) is 36.6. The highest BCUT2D eigenvalue weighted by Gasteiger charge is 2.85. The molecule has 2 spiro atoms. The molecule has 3 aliphatic carbocycles. The van der Waals surface area contributed by atoms with Crippen LogP contribution in [0.2, 0.25) is 0 Å². The van der Waals surface area contributed by atoms with Gasteiger partial charge in [-0.2, -0.15) is 12.7 Å². The Kier molecular flexibility index (Phi) is 9.38. The van der Waals surface area contributed by atoms with Crippen molar-refractivity contribution in [2.45, 2.75) is 137 Å². The summed E-state index contributed by atoms with van der Waals surface area (Å²) in [5.74, 6) is -1.91. The van der Waals surface area contributed by atoms with E-state index in [-0.39, 0.29) is 34.5 Å². The van der Waals surface area contributed by atoms with Crippen LogP contribution in [0.3, 0.4) is 0 Å². The molecule has 276 valence electrons. The molecule has 4 amide bonds. The normalized spacial score (nSPS) is 32.3. The highest BCUT2D eigenvalue weighted by atomic mass is 32.2. The van der Waals surface area contributed by atoms with Gasteiger partial charge in [-0.1, -0.05) is 60.5 Å². The van der Waals surface area contributed by atoms with Crippen molar-refractivity contribution < 1.29 is 32.3 Å². The number of hydrogen-bond donors (Lipinski definition) is 3. The van der Waals surface area contributed by atoms with E-state index in [1.165, 1.54) is 4.31 Å². The van der Waals surface area contributed by atoms with Gasteiger partial charge in [-0.25, -0.2) is 9.52 Å². The van der Waals surface area contributed by atoms with Gasteiger partial charge in [-0.15, -0.1) is 6.58 Å². The van der Waals surface area contributed by atoms with Gasteiger partial charge in [0.1, 0.15) is 23.2 Å². The lowest BCUT2D eigenvalue weighted by atomic mass is 9.73. The summed E-state index contributed by atoms with van der Waals surface area (Å²) in [5.41, 5.74) is -3.38. The summed E-state index contributed by atoms with van der Waals surface area (Å²) < 4.78 is 35.7. The number of carbonyl (C=O) groups is 4. The minimum Gasteiger partial charge on any atom is -0.444 e. The van der Waals surface area contributed by atoms with Gasteiger partial charge in [0, 0.05) is 31.0 Å². The molecule has 2 aliphatic heterocycles. The van der Waals surface area contributed by atoms with E-state index in [1.807, 2.05) is 20.8 Å². The topological polar surface area (TPSA) is 154 Å². The van der Waals surface area contributed by atoms with Gasteiger partial charge in [0.2, 0.25) is 11.8 Å². The van der Waals surface area contributed by atoms with Crippen molar-refractivity contribution in [3.63, 3.8) is 0 Å². The molecular weight excluding hydrogens is 646 g/mol. The lowest BCUT2D eigenvalue weighted by Gasteiger charge is -2.36. The Morgan fingerprint density at radius 3 is 2.18 bits per heavy atom. The molecule has 3 saturated carbocycles. The summed E-state index contributed by atoms with van der Waals surface area (Å²) in [6.45, 7) is 22.2. The van der Waals surface area contributed by atoms with Crippen molar-refractivity contribution in [1.82, 2.24) is 24.6 Å². The van der Waals surface area contributed by atoms with Crippen molar-refractivity contribution in [3.05, 3.63) is 12.7 Å². The minimum absolute atomic E-state index is 0.0150. The number of likely N-dealkylation sites (tertiary alicyclic amines) is 1. The molecule has 5 fully saturated rings. The molecule has 5 aliphatic rings. The number of nitrogens with zero attached hydrogens (tertiary/aromatic N) is 2. The summed E-state index contributed by atoms with van der Waals surface area (Å²) >= 11 is 0. The maximum atomic E-state index is 14.6. The molecule has 5 rings (SSSR count). The fourth-order valence-corrected chi connectivity index (χ4v) is 10.9. The predicted molar refractivity (Wildman–Crippen MR) is 186 cm³/mol. The Morgan fingerprint density at radius 2 is 1.69 bits per heavy atom. The molecule has 13 heteroatoms. The number of carbonyl (C=O) groups excluding carboxylic acids is 4. The van der Waals surface area contributed by atoms with Gasteiger partial charge in [0.05, 0.1) is 0 Å². The number of fused-ring (bicyclic) bond motifs is 1. The van der Waals surface area contributed by atoms with Crippen LogP contribution < -0.4 is 15.4 Å². The van der Waals surface area contributed by atoms with Gasteiger partial charge in [-0.05, 0) is 81.5 Å². The van der Waals surface area contributed by atoms with Crippen LogP contribution in [0.1, 0.15) is 114 Å². The summed E-state index contributed by atoms with van der Waals surface area (Å²) in [6, 6.07) is -1.91. The number of nitrogens with one attached hydrogen (secondary N) is 3. The van der Waals surface area contributed by atoms with E-state index in [4.69, 9.17) is 4.74 Å². The van der Waals surface area contributed by atoms with E-state index >= 15 is 0 Å². The summed E-state index contributed by atoms with van der Waals surface area (Å²) in [5, 5.41) is 5.72. The Morgan fingerprint density at radius 1 is 1.04 bits per heavy atom. The number of hydrogen-bond acceptors (Lipinski definition) is 7. The van der Waals surface area contributed by atoms with Gasteiger partial charge in [0.25, 0.3) is 5.91 Å². The minimum atomic E-state index is -4.12. The zero-order valence-corrected chi connectivity index (χ0v) is 31.8. The molecule has 2 saturated heterocycles. The van der Waals surface area contributed by atoms with Crippen LogP contribution in [-0.4, -0.2) is 84.3 Å². The molecule has 6 unspecified atom stereocenters. The Bertz CT molecular complexity index is 1490. The second-order valence-corrected chi connectivity index (χ2v) is 19.7. The van der Waals surface area contributed by atoms with Crippen LogP contribution >= 0.6 is 0 Å². The average molecular weight is 706 g/mol. The van der Waals surface area contributed by atoms with Crippen LogP contribution in [0.15, 0.2) is 12.7 Å². The van der Waals surface area contributed by atoms with Gasteiger partial charge in [-0.3, -0.25) is 14.4 Å². The van der Waals surface area contributed by atoms with Crippen molar-refractivity contribution in [2.24, 2.45) is 33.5 Å². The molecule has 6 atom stereocenters. The first-order valence-corrected chi connectivity index (χ1v) is 19.5. The van der Waals surface area contributed by atoms with E-state index in [9.17, 15) is 27.6 Å². The number of alkyl carbamates (subject to hydrolysis) is 1. The third-order valence-electron chi connectivity index (χ3n) is 12.7. The highest BCUT2D eigenvalue weighted by molar-refractivity contribution is 7.87. The van der Waals surface area contributed by atoms with E-state index in [0.29, 0.717) is 26.1 Å². The monoisotopic (exact) mass is 705 g/mol. The smallest absolute Gasteiger partial charge is 0.408 e. The fourth-order valence-electron chi connectivity index (χ4n) is 9.57. The Hall–Kier alpha value is -2.67. The Labute approximate surface area is 293 Å². The maximum absolute atomic E-state index is 14.6. The number of rotatable bonds is 10. The first kappa shape index (κ1) is 37.6. The number of ether oxygens (including phenoxy) is 1. The molecule has 0 bridgehead atoms. The van der Waals surface area contributed by atoms with Crippen LogP contribution in [0.4, 0.5) is 4.79 Å². The van der Waals surface area contributed by atoms with Crippen molar-refractivity contribution in [3.8, 4) is 0 Å². The van der Waals surface area contributed by atoms with Crippen LogP contribution in [0.25, 0.3) is 0 Å². The standard InChI is InChI=1S/C36H59N5O7S/c1-11-14-23-15-18-40(21-23)49(46,47)39-29(44)36(19-24(36)12-2)38-27(42)25-20-35(33(9,10)34(35)16-13-17-34)22-41(25)28(43)26(31(3,4)5)37-30(45)48-32(6,7)8/h12,23-26H,2,11,13-22H2,1,3-10H3,(H,37,45)(H,38,42)(H,39,44). The molecule has 12 nitrogen and oxygen atoms in total. The van der Waals surface area contributed by atoms with Crippen LogP contribution in [-0.2, 0) is 29.3 Å². The third-order valence-corrected chi connectivity index (χ3v) is 14.2. The molecule has 0 aromatic carbocycles. The van der Waals surface area contributed by atoms with Gasteiger partial charge < -0.3 is 20.3 Å². The van der Waals surface area contributed by atoms with Crippen LogP contribution in [0, 0.1) is 33.5 Å². The number of amides is 4. The second-order valence-electron chi connectivity index (χ2n) is 18.0. The molecule has 0 aromatic rings. The van der Waals surface area contributed by atoms with E-state index in [0.717, 1.165) is 38.5 Å². The first-order valence-electron chi connectivity index (χ1n) is 18.1. The lowest BCUT2D eigenvalue weighted by Crippen LogP contribution is -2.60. The largest absolute Gasteiger partial charge is 0.444 e. The van der Waals surface area contributed by atoms with E-state index in [2.05, 4.69) is 42.7 Å². The molecular formula is C36H59N5O7S. The van der Waals surface area contributed by atoms with Crippen molar-refractivity contribution in [1.29, 1.82) is 0 Å². The van der Waals surface area contributed by atoms with E-state index in [1.54, 1.807) is 31.7 Å². The molecule has 0 radical (unpaired) electrons. The summed E-state index contributed by atoms with van der Waals surface area (Å²) in [4.78, 5) is 57.4. The first-order chi connectivity index (χ1) is 22.5. The van der Waals surface area contributed by atoms with E-state index < -0.39 is 62.7 Å². The third kappa shape index (κ3) is 6.29. The van der Waals surface area contributed by atoms with Crippen molar-refractivity contribution >= 4 is 34.0 Å². The Balaban J connectivity index is 1.40. The summed E-state index contributed by atoms with van der Waals surface area (Å²) in [6.07, 6.45) is 7.21. The predicted octanol–water partition coefficient (Wildman–Crippen LogP) is 4.27. The van der Waals surface area contributed by atoms with Crippen molar-refractivity contribution in [2.75, 3.05) is 19.6 Å². The maximum Gasteiger partial charge on any atom is 0.408 e. The van der Waals surface area contributed by atoms with Crippen LogP contribution in [0.5, 0.6) is 0 Å². The summed E-state index contributed by atoms with van der Waals surface area (Å²) in [7, 11) is -4.12. The molecule has 3 N–H and O–H groups in total. The lowest BCUT2D eigenvalue weighted by molar-refractivity contribution is -0.143.